The van der Waals surface area contributed by atoms with Crippen LogP contribution in [0.4, 0.5) is 0 Å². The monoisotopic (exact) mass is 375 g/mol. The predicted molar refractivity (Wildman–Crippen MR) is 107 cm³/mol. The molecule has 0 saturated carbocycles. The zero-order valence-electron chi connectivity index (χ0n) is 16.0. The Labute approximate surface area is 158 Å². The number of rotatable bonds is 7. The summed E-state index contributed by atoms with van der Waals surface area (Å²) >= 11 is 1.64. The van der Waals surface area contributed by atoms with Crippen molar-refractivity contribution in [1.82, 2.24) is 14.9 Å². The normalized spacial score (nSPS) is 15.2. The Morgan fingerprint density at radius 1 is 1.27 bits per heavy atom. The quantitative estimate of drug-likeness (QED) is 0.803. The van der Waals surface area contributed by atoms with Crippen molar-refractivity contribution >= 4 is 27.5 Å². The molecule has 0 bridgehead atoms. The third kappa shape index (κ3) is 4.34. The molecule has 26 heavy (non-hydrogen) atoms. The van der Waals surface area contributed by atoms with Gasteiger partial charge in [0.1, 0.15) is 11.4 Å². The van der Waals surface area contributed by atoms with E-state index in [1.54, 1.807) is 11.3 Å². The standard InChI is InChI=1S/C20H29N3O2S/c1-13(2)7-6-8-14(3)22-17(24)11-23-12-21-19-18(20(23)25)15-9-4-5-10-16(15)26-19/h12-14H,4-11H2,1-3H3,(H,22,24)/t14-/m0/s1. The molecule has 1 atom stereocenters. The second kappa shape index (κ2) is 8.33. The minimum atomic E-state index is -0.116. The van der Waals surface area contributed by atoms with Gasteiger partial charge >= 0.3 is 0 Å². The summed E-state index contributed by atoms with van der Waals surface area (Å²) in [5.41, 5.74) is 1.10. The molecule has 3 rings (SSSR count). The van der Waals surface area contributed by atoms with Gasteiger partial charge in [0.05, 0.1) is 11.7 Å². The van der Waals surface area contributed by atoms with E-state index in [9.17, 15) is 9.59 Å². The number of aryl methyl sites for hydroxylation is 2. The van der Waals surface area contributed by atoms with Gasteiger partial charge in [0.2, 0.25) is 5.91 Å². The highest BCUT2D eigenvalue weighted by Crippen LogP contribution is 2.33. The summed E-state index contributed by atoms with van der Waals surface area (Å²) in [5, 5.41) is 3.75. The Hall–Kier alpha value is -1.69. The summed E-state index contributed by atoms with van der Waals surface area (Å²) in [6, 6.07) is 0.127. The summed E-state index contributed by atoms with van der Waals surface area (Å²) in [4.78, 5) is 31.8. The lowest BCUT2D eigenvalue weighted by atomic mass is 9.97. The number of aromatic nitrogens is 2. The Morgan fingerprint density at radius 2 is 2.04 bits per heavy atom. The Balaban J connectivity index is 1.68. The highest BCUT2D eigenvalue weighted by atomic mass is 32.1. The molecule has 1 amide bonds. The molecule has 2 aromatic rings. The maximum Gasteiger partial charge on any atom is 0.262 e. The molecule has 0 unspecified atom stereocenters. The van der Waals surface area contributed by atoms with Gasteiger partial charge in [-0.1, -0.05) is 26.7 Å². The molecule has 1 aliphatic carbocycles. The van der Waals surface area contributed by atoms with Crippen LogP contribution in [0.15, 0.2) is 11.1 Å². The number of hydrogen-bond donors (Lipinski definition) is 1. The maximum atomic E-state index is 12.9. The highest BCUT2D eigenvalue weighted by molar-refractivity contribution is 7.18. The number of carbonyl (C=O) groups excluding carboxylic acids is 1. The second-order valence-electron chi connectivity index (χ2n) is 7.86. The zero-order chi connectivity index (χ0) is 18.7. The van der Waals surface area contributed by atoms with Crippen LogP contribution in [0.3, 0.4) is 0 Å². The molecule has 1 aliphatic rings. The van der Waals surface area contributed by atoms with Crippen LogP contribution in [0, 0.1) is 5.92 Å². The first-order chi connectivity index (χ1) is 12.5. The van der Waals surface area contributed by atoms with E-state index in [1.165, 1.54) is 34.2 Å². The minimum absolute atomic E-state index is 0.0426. The largest absolute Gasteiger partial charge is 0.352 e. The van der Waals surface area contributed by atoms with Gasteiger partial charge in [-0.05, 0) is 50.5 Å². The number of nitrogens with one attached hydrogen (secondary N) is 1. The molecule has 0 spiro atoms. The van der Waals surface area contributed by atoms with E-state index in [-0.39, 0.29) is 24.1 Å². The number of fused-ring (bicyclic) bond motifs is 3. The van der Waals surface area contributed by atoms with Crippen LogP contribution in [-0.4, -0.2) is 21.5 Å². The molecular weight excluding hydrogens is 346 g/mol. The van der Waals surface area contributed by atoms with Crippen LogP contribution >= 0.6 is 11.3 Å². The van der Waals surface area contributed by atoms with Crippen molar-refractivity contribution < 1.29 is 4.79 Å². The fourth-order valence-corrected chi connectivity index (χ4v) is 4.89. The van der Waals surface area contributed by atoms with Gasteiger partial charge in [-0.25, -0.2) is 4.98 Å². The van der Waals surface area contributed by atoms with Gasteiger partial charge in [-0.3, -0.25) is 14.2 Å². The van der Waals surface area contributed by atoms with E-state index in [2.05, 4.69) is 24.1 Å². The molecule has 0 fully saturated rings. The molecule has 6 heteroatoms. The Bertz CT molecular complexity index is 837. The lowest BCUT2D eigenvalue weighted by Crippen LogP contribution is -2.37. The molecule has 2 heterocycles. The molecule has 0 radical (unpaired) electrons. The molecule has 0 aliphatic heterocycles. The summed E-state index contributed by atoms with van der Waals surface area (Å²) in [6.07, 6.45) is 9.08. The van der Waals surface area contributed by atoms with Crippen LogP contribution in [0.25, 0.3) is 10.2 Å². The fourth-order valence-electron chi connectivity index (χ4n) is 3.67. The van der Waals surface area contributed by atoms with Gasteiger partial charge in [0.25, 0.3) is 5.56 Å². The van der Waals surface area contributed by atoms with Crippen molar-refractivity contribution in [2.75, 3.05) is 0 Å². The van der Waals surface area contributed by atoms with E-state index in [0.717, 1.165) is 42.3 Å². The van der Waals surface area contributed by atoms with Crippen molar-refractivity contribution in [3.63, 3.8) is 0 Å². The summed E-state index contributed by atoms with van der Waals surface area (Å²) < 4.78 is 1.46. The summed E-state index contributed by atoms with van der Waals surface area (Å²) in [7, 11) is 0. The number of hydrogen-bond acceptors (Lipinski definition) is 4. The van der Waals surface area contributed by atoms with Gasteiger partial charge in [-0.15, -0.1) is 11.3 Å². The summed E-state index contributed by atoms with van der Waals surface area (Å²) in [5.74, 6) is 0.570. The van der Waals surface area contributed by atoms with E-state index in [0.29, 0.717) is 5.92 Å². The Kier molecular flexibility index (Phi) is 6.12. The minimum Gasteiger partial charge on any atom is -0.352 e. The zero-order valence-corrected chi connectivity index (χ0v) is 16.8. The van der Waals surface area contributed by atoms with Crippen LogP contribution in [-0.2, 0) is 24.2 Å². The van der Waals surface area contributed by atoms with Crippen LogP contribution in [0.5, 0.6) is 0 Å². The number of nitrogens with zero attached hydrogens (tertiary/aromatic N) is 2. The van der Waals surface area contributed by atoms with Crippen molar-refractivity contribution in [2.45, 2.75) is 78.3 Å². The maximum absolute atomic E-state index is 12.9. The molecule has 0 saturated heterocycles. The average Bonchev–Trinajstić information content (AvgIpc) is 2.96. The summed E-state index contributed by atoms with van der Waals surface area (Å²) in [6.45, 7) is 6.49. The van der Waals surface area contributed by atoms with Gasteiger partial charge in [0.15, 0.2) is 0 Å². The van der Waals surface area contributed by atoms with Crippen molar-refractivity contribution in [1.29, 1.82) is 0 Å². The van der Waals surface area contributed by atoms with E-state index in [1.807, 2.05) is 6.92 Å². The van der Waals surface area contributed by atoms with Gasteiger partial charge < -0.3 is 5.32 Å². The third-order valence-corrected chi connectivity index (χ3v) is 6.28. The van der Waals surface area contributed by atoms with E-state index in [4.69, 9.17) is 0 Å². The average molecular weight is 376 g/mol. The van der Waals surface area contributed by atoms with Crippen molar-refractivity contribution in [3.05, 3.63) is 27.1 Å². The lowest BCUT2D eigenvalue weighted by molar-refractivity contribution is -0.122. The van der Waals surface area contributed by atoms with Crippen molar-refractivity contribution in [3.8, 4) is 0 Å². The highest BCUT2D eigenvalue weighted by Gasteiger charge is 2.20. The SMILES string of the molecule is CC(C)CCC[C@H](C)NC(=O)Cn1cnc2sc3c(c2c1=O)CCCC3. The third-order valence-electron chi connectivity index (χ3n) is 5.08. The van der Waals surface area contributed by atoms with Crippen LogP contribution in [0.2, 0.25) is 0 Å². The van der Waals surface area contributed by atoms with Gasteiger partial charge in [0, 0.05) is 10.9 Å². The first-order valence-electron chi connectivity index (χ1n) is 9.74. The number of thiophene rings is 1. The molecule has 142 valence electrons. The van der Waals surface area contributed by atoms with Crippen LogP contribution in [0.1, 0.15) is 63.3 Å². The molecule has 2 aromatic heterocycles. The van der Waals surface area contributed by atoms with Gasteiger partial charge in [-0.2, -0.15) is 0 Å². The first kappa shape index (κ1) is 19.1. The number of amides is 1. The number of carbonyl (C=O) groups is 1. The van der Waals surface area contributed by atoms with Crippen molar-refractivity contribution in [2.24, 2.45) is 5.92 Å². The van der Waals surface area contributed by atoms with E-state index >= 15 is 0 Å². The van der Waals surface area contributed by atoms with E-state index < -0.39 is 0 Å². The topological polar surface area (TPSA) is 64.0 Å². The molecule has 1 N–H and O–H groups in total. The smallest absolute Gasteiger partial charge is 0.262 e. The molecule has 5 nitrogen and oxygen atoms in total. The Morgan fingerprint density at radius 3 is 2.81 bits per heavy atom. The second-order valence-corrected chi connectivity index (χ2v) is 8.95. The first-order valence-corrected chi connectivity index (χ1v) is 10.6. The lowest BCUT2D eigenvalue weighted by Gasteiger charge is -2.15. The predicted octanol–water partition coefficient (Wildman–Crippen LogP) is 3.67. The fraction of sp³-hybridized carbons (Fsp3) is 0.650. The van der Waals surface area contributed by atoms with Crippen LogP contribution < -0.4 is 10.9 Å². The molecular formula is C20H29N3O2S. The molecule has 0 aromatic carbocycles.